The third kappa shape index (κ3) is 3.59. The summed E-state index contributed by atoms with van der Waals surface area (Å²) in [6.07, 6.45) is 7.31. The number of hydrogen-bond donors (Lipinski definition) is 2. The number of nitrogen functional groups attached to an aromatic ring is 1. The second-order valence-corrected chi connectivity index (χ2v) is 5.92. The van der Waals surface area contributed by atoms with Crippen LogP contribution in [0.4, 0.5) is 10.2 Å². The van der Waals surface area contributed by atoms with Crippen molar-refractivity contribution in [3.05, 3.63) is 23.6 Å². The minimum absolute atomic E-state index is 0.0659. The molecule has 2 atom stereocenters. The summed E-state index contributed by atoms with van der Waals surface area (Å²) in [4.78, 5) is 15.7. The van der Waals surface area contributed by atoms with Gasteiger partial charge < -0.3 is 11.1 Å². The van der Waals surface area contributed by atoms with E-state index < -0.39 is 5.82 Å². The fourth-order valence-electron chi connectivity index (χ4n) is 2.38. The first-order chi connectivity index (χ1) is 9.10. The highest BCUT2D eigenvalue weighted by Gasteiger charge is 2.23. The van der Waals surface area contributed by atoms with Crippen molar-refractivity contribution in [1.29, 1.82) is 0 Å². The minimum atomic E-state index is -0.551. The number of nitrogens with one attached hydrogen (secondary N) is 1. The average Bonchev–Trinajstić information content (AvgIpc) is 2.41. The Balaban J connectivity index is 2.02. The van der Waals surface area contributed by atoms with Crippen molar-refractivity contribution in [3.8, 4) is 0 Å². The monoisotopic (exact) mass is 283 g/mol. The van der Waals surface area contributed by atoms with E-state index in [0.29, 0.717) is 5.25 Å². The summed E-state index contributed by atoms with van der Waals surface area (Å²) in [5, 5.41) is 3.51. The molecule has 0 bridgehead atoms. The molecule has 1 amide bonds. The molecule has 0 radical (unpaired) electrons. The van der Waals surface area contributed by atoms with E-state index in [2.05, 4.69) is 16.6 Å². The molecule has 1 aromatic heterocycles. The topological polar surface area (TPSA) is 68.0 Å². The van der Waals surface area contributed by atoms with Gasteiger partial charge in [-0.05, 0) is 31.6 Å². The van der Waals surface area contributed by atoms with Crippen LogP contribution in [0.5, 0.6) is 0 Å². The Labute approximate surface area is 116 Å². The number of anilines is 1. The molecule has 0 aromatic carbocycles. The molecule has 2 unspecified atom stereocenters. The zero-order valence-corrected chi connectivity index (χ0v) is 11.7. The number of nitrogens with two attached hydrogens (primary N) is 1. The van der Waals surface area contributed by atoms with Gasteiger partial charge in [-0.3, -0.25) is 4.79 Å². The van der Waals surface area contributed by atoms with Gasteiger partial charge >= 0.3 is 0 Å². The van der Waals surface area contributed by atoms with E-state index >= 15 is 0 Å². The number of aromatic nitrogens is 1. The molecule has 4 nitrogen and oxygen atoms in total. The summed E-state index contributed by atoms with van der Waals surface area (Å²) in [7, 11) is 0. The Morgan fingerprint density at radius 3 is 3.11 bits per heavy atom. The molecule has 0 aliphatic heterocycles. The third-order valence-electron chi connectivity index (χ3n) is 3.42. The zero-order chi connectivity index (χ0) is 13.8. The second-order valence-electron chi connectivity index (χ2n) is 4.78. The first-order valence-electron chi connectivity index (χ1n) is 6.35. The van der Waals surface area contributed by atoms with Gasteiger partial charge in [0.2, 0.25) is 0 Å². The number of carbonyl (C=O) groups excluding carboxylic acids is 1. The van der Waals surface area contributed by atoms with Crippen LogP contribution in [0.15, 0.2) is 12.3 Å². The van der Waals surface area contributed by atoms with Gasteiger partial charge in [0.25, 0.3) is 5.91 Å². The molecular formula is C13H18FN3OS. The summed E-state index contributed by atoms with van der Waals surface area (Å²) in [6, 6.07) is 1.27. The fraction of sp³-hybridized carbons (Fsp3) is 0.538. The highest BCUT2D eigenvalue weighted by molar-refractivity contribution is 7.99. The van der Waals surface area contributed by atoms with Gasteiger partial charge in [-0.25, -0.2) is 9.37 Å². The van der Waals surface area contributed by atoms with Crippen molar-refractivity contribution in [2.24, 2.45) is 0 Å². The quantitative estimate of drug-likeness (QED) is 0.892. The van der Waals surface area contributed by atoms with Gasteiger partial charge in [0, 0.05) is 11.3 Å². The van der Waals surface area contributed by atoms with Crippen LogP contribution >= 0.6 is 11.8 Å². The lowest BCUT2D eigenvalue weighted by molar-refractivity contribution is 0.0928. The lowest BCUT2D eigenvalue weighted by Crippen LogP contribution is -2.39. The van der Waals surface area contributed by atoms with Crippen molar-refractivity contribution >= 4 is 23.5 Å². The van der Waals surface area contributed by atoms with Crippen molar-refractivity contribution < 1.29 is 9.18 Å². The summed E-state index contributed by atoms with van der Waals surface area (Å²) in [5.41, 5.74) is 5.72. The lowest BCUT2D eigenvalue weighted by Gasteiger charge is -2.28. The van der Waals surface area contributed by atoms with E-state index in [4.69, 9.17) is 5.73 Å². The molecule has 1 aromatic rings. The molecule has 1 fully saturated rings. The minimum Gasteiger partial charge on any atom is -0.383 e. The van der Waals surface area contributed by atoms with Crippen LogP contribution < -0.4 is 11.1 Å². The zero-order valence-electron chi connectivity index (χ0n) is 10.9. The predicted molar refractivity (Wildman–Crippen MR) is 75.6 cm³/mol. The molecule has 2 rings (SSSR count). The number of pyridine rings is 1. The second kappa shape index (κ2) is 6.23. The van der Waals surface area contributed by atoms with Gasteiger partial charge in [0.1, 0.15) is 11.6 Å². The Bertz CT molecular complexity index is 469. The van der Waals surface area contributed by atoms with Crippen LogP contribution in [0.25, 0.3) is 0 Å². The SMILES string of the molecule is CSC1CCCC(NC(=O)c2cc(F)cnc2N)C1. The van der Waals surface area contributed by atoms with Gasteiger partial charge in [-0.15, -0.1) is 0 Å². The standard InChI is InChI=1S/C13H18FN3OS/c1-19-10-4-2-3-9(6-10)17-13(18)11-5-8(14)7-16-12(11)15/h5,7,9-10H,2-4,6H2,1H3,(H2,15,16)(H,17,18). The first kappa shape index (κ1) is 14.1. The summed E-state index contributed by atoms with van der Waals surface area (Å²) in [5.74, 6) is -0.822. The van der Waals surface area contributed by atoms with Crippen molar-refractivity contribution in [1.82, 2.24) is 10.3 Å². The Morgan fingerprint density at radius 1 is 1.58 bits per heavy atom. The molecule has 3 N–H and O–H groups in total. The first-order valence-corrected chi connectivity index (χ1v) is 7.63. The molecule has 0 saturated heterocycles. The molecule has 0 spiro atoms. The number of nitrogens with zero attached hydrogens (tertiary/aromatic N) is 1. The van der Waals surface area contributed by atoms with Crippen LogP contribution in [0.1, 0.15) is 36.0 Å². The van der Waals surface area contributed by atoms with E-state index in [1.165, 1.54) is 6.42 Å². The smallest absolute Gasteiger partial charge is 0.255 e. The summed E-state index contributed by atoms with van der Waals surface area (Å²) < 4.78 is 13.1. The Morgan fingerprint density at radius 2 is 2.37 bits per heavy atom. The van der Waals surface area contributed by atoms with Crippen LogP contribution in [-0.2, 0) is 0 Å². The van der Waals surface area contributed by atoms with E-state index in [0.717, 1.165) is 31.5 Å². The van der Waals surface area contributed by atoms with Crippen LogP contribution in [0.2, 0.25) is 0 Å². The number of hydrogen-bond acceptors (Lipinski definition) is 4. The van der Waals surface area contributed by atoms with Gasteiger partial charge in [0.05, 0.1) is 11.8 Å². The summed E-state index contributed by atoms with van der Waals surface area (Å²) >= 11 is 1.83. The van der Waals surface area contributed by atoms with E-state index in [1.807, 2.05) is 11.8 Å². The van der Waals surface area contributed by atoms with E-state index in [-0.39, 0.29) is 23.3 Å². The van der Waals surface area contributed by atoms with Crippen LogP contribution in [0, 0.1) is 5.82 Å². The maximum absolute atomic E-state index is 13.1. The Kier molecular flexibility index (Phi) is 4.63. The van der Waals surface area contributed by atoms with Crippen LogP contribution in [-0.4, -0.2) is 28.4 Å². The highest BCUT2D eigenvalue weighted by Crippen LogP contribution is 2.27. The number of halogens is 1. The number of amides is 1. The molecule has 1 heterocycles. The summed E-state index contributed by atoms with van der Waals surface area (Å²) in [6.45, 7) is 0. The van der Waals surface area contributed by atoms with Gasteiger partial charge in [-0.2, -0.15) is 11.8 Å². The number of thioether (sulfide) groups is 1. The number of carbonyl (C=O) groups is 1. The van der Waals surface area contributed by atoms with Crippen molar-refractivity contribution in [2.45, 2.75) is 37.0 Å². The van der Waals surface area contributed by atoms with Gasteiger partial charge in [0.15, 0.2) is 0 Å². The Hall–Kier alpha value is -1.30. The highest BCUT2D eigenvalue weighted by atomic mass is 32.2. The average molecular weight is 283 g/mol. The predicted octanol–water partition coefficient (Wildman–Crippen LogP) is 2.21. The van der Waals surface area contributed by atoms with Crippen LogP contribution in [0.3, 0.4) is 0 Å². The van der Waals surface area contributed by atoms with Crippen molar-refractivity contribution in [3.63, 3.8) is 0 Å². The molecule has 104 valence electrons. The number of rotatable bonds is 3. The maximum Gasteiger partial charge on any atom is 0.255 e. The lowest BCUT2D eigenvalue weighted by atomic mass is 9.94. The van der Waals surface area contributed by atoms with Gasteiger partial charge in [-0.1, -0.05) is 6.42 Å². The van der Waals surface area contributed by atoms with Crippen molar-refractivity contribution in [2.75, 3.05) is 12.0 Å². The third-order valence-corrected chi connectivity index (χ3v) is 4.52. The normalized spacial score (nSPS) is 23.1. The maximum atomic E-state index is 13.1. The van der Waals surface area contributed by atoms with E-state index in [1.54, 1.807) is 0 Å². The molecule has 1 aliphatic rings. The molecule has 19 heavy (non-hydrogen) atoms. The molecule has 1 saturated carbocycles. The fourth-order valence-corrected chi connectivity index (χ4v) is 3.21. The van der Waals surface area contributed by atoms with E-state index in [9.17, 15) is 9.18 Å². The largest absolute Gasteiger partial charge is 0.383 e. The molecule has 1 aliphatic carbocycles. The molecular weight excluding hydrogens is 265 g/mol. The molecule has 6 heteroatoms.